The Hall–Kier alpha value is 0.130. The fourth-order valence-corrected chi connectivity index (χ4v) is 4.15. The quantitative estimate of drug-likeness (QED) is 0.778. The second-order valence-electron chi connectivity index (χ2n) is 4.78. The third-order valence-corrected chi connectivity index (χ3v) is 5.57. The zero-order chi connectivity index (χ0) is 13.4. The van der Waals surface area contributed by atoms with E-state index < -0.39 is 0 Å². The predicted molar refractivity (Wildman–Crippen MR) is 83.6 cm³/mol. The number of carbonyl (C=O) groups is 1. The van der Waals surface area contributed by atoms with Gasteiger partial charge in [-0.15, -0.1) is 11.8 Å². The maximum Gasteiger partial charge on any atom is 0.232 e. The molecule has 0 aliphatic carbocycles. The summed E-state index contributed by atoms with van der Waals surface area (Å²) in [6, 6.07) is 0.390. The molecule has 1 aliphatic heterocycles. The van der Waals surface area contributed by atoms with E-state index in [1.54, 1.807) is 0 Å². The highest BCUT2D eigenvalue weighted by atomic mass is 32.2. The standard InChI is InChI=1S/C13H26N2OS2/c1-4-11(9-17-3)15(2)13(16)10-18-12-5-7-14-8-6-12/h11-12,14H,4-10H2,1-3H3. The maximum absolute atomic E-state index is 12.1. The van der Waals surface area contributed by atoms with E-state index in [1.807, 2.05) is 35.5 Å². The van der Waals surface area contributed by atoms with E-state index in [0.29, 0.717) is 23.0 Å². The summed E-state index contributed by atoms with van der Waals surface area (Å²) in [7, 11) is 1.95. The first-order valence-corrected chi connectivity index (χ1v) is 9.20. The summed E-state index contributed by atoms with van der Waals surface area (Å²) in [4.78, 5) is 14.1. The van der Waals surface area contributed by atoms with Crippen molar-refractivity contribution in [3.05, 3.63) is 0 Å². The lowest BCUT2D eigenvalue weighted by molar-refractivity contribution is -0.128. The largest absolute Gasteiger partial charge is 0.341 e. The molecule has 0 aromatic carbocycles. The van der Waals surface area contributed by atoms with Crippen LogP contribution in [0.5, 0.6) is 0 Å². The van der Waals surface area contributed by atoms with Crippen LogP contribution in [0.2, 0.25) is 0 Å². The smallest absolute Gasteiger partial charge is 0.232 e. The van der Waals surface area contributed by atoms with Gasteiger partial charge in [-0.1, -0.05) is 6.92 Å². The van der Waals surface area contributed by atoms with Gasteiger partial charge in [0.15, 0.2) is 0 Å². The molecule has 1 saturated heterocycles. The molecule has 1 heterocycles. The molecule has 0 radical (unpaired) electrons. The van der Waals surface area contributed by atoms with Crippen molar-refractivity contribution in [3.63, 3.8) is 0 Å². The van der Waals surface area contributed by atoms with Gasteiger partial charge in [-0.2, -0.15) is 11.8 Å². The number of nitrogens with one attached hydrogen (secondary N) is 1. The molecule has 0 saturated carbocycles. The molecule has 0 aromatic heterocycles. The van der Waals surface area contributed by atoms with Crippen LogP contribution in [0.1, 0.15) is 26.2 Å². The highest BCUT2D eigenvalue weighted by molar-refractivity contribution is 8.00. The summed E-state index contributed by atoms with van der Waals surface area (Å²) in [5.74, 6) is 1.97. The number of thioether (sulfide) groups is 2. The summed E-state index contributed by atoms with van der Waals surface area (Å²) in [5.41, 5.74) is 0. The number of piperidine rings is 1. The molecule has 1 N–H and O–H groups in total. The van der Waals surface area contributed by atoms with Gasteiger partial charge >= 0.3 is 0 Å². The Morgan fingerprint density at radius 1 is 1.44 bits per heavy atom. The first-order chi connectivity index (χ1) is 8.69. The molecule has 18 heavy (non-hydrogen) atoms. The Morgan fingerprint density at radius 2 is 2.11 bits per heavy atom. The van der Waals surface area contributed by atoms with E-state index in [2.05, 4.69) is 18.5 Å². The fourth-order valence-electron chi connectivity index (χ4n) is 2.15. The minimum atomic E-state index is 0.291. The van der Waals surface area contributed by atoms with Gasteiger partial charge in [0.25, 0.3) is 0 Å². The van der Waals surface area contributed by atoms with Crippen molar-refractivity contribution in [1.82, 2.24) is 10.2 Å². The highest BCUT2D eigenvalue weighted by Crippen LogP contribution is 2.21. The maximum atomic E-state index is 12.1. The molecule has 1 atom stereocenters. The lowest BCUT2D eigenvalue weighted by Crippen LogP contribution is -2.40. The number of hydrogen-bond donors (Lipinski definition) is 1. The molecule has 3 nitrogen and oxygen atoms in total. The van der Waals surface area contributed by atoms with Crippen LogP contribution in [-0.2, 0) is 4.79 Å². The molecule has 0 aromatic rings. The number of nitrogens with zero attached hydrogens (tertiary/aromatic N) is 1. The van der Waals surface area contributed by atoms with Gasteiger partial charge in [0, 0.05) is 24.1 Å². The Balaban J connectivity index is 2.29. The molecular formula is C13H26N2OS2. The lowest BCUT2D eigenvalue weighted by Gasteiger charge is -2.28. The average molecular weight is 290 g/mol. The number of rotatable bonds is 7. The van der Waals surface area contributed by atoms with Crippen molar-refractivity contribution in [2.24, 2.45) is 0 Å². The number of carbonyl (C=O) groups excluding carboxylic acids is 1. The Bertz CT molecular complexity index is 245. The topological polar surface area (TPSA) is 32.3 Å². The molecule has 0 spiro atoms. The predicted octanol–water partition coefficient (Wildman–Crippen LogP) is 2.07. The van der Waals surface area contributed by atoms with E-state index in [9.17, 15) is 4.79 Å². The fraction of sp³-hybridized carbons (Fsp3) is 0.923. The first kappa shape index (κ1) is 16.2. The van der Waals surface area contributed by atoms with E-state index in [4.69, 9.17) is 0 Å². The summed E-state index contributed by atoms with van der Waals surface area (Å²) >= 11 is 3.66. The van der Waals surface area contributed by atoms with Gasteiger partial charge in [0.2, 0.25) is 5.91 Å². The van der Waals surface area contributed by atoms with Gasteiger partial charge in [0.05, 0.1) is 5.75 Å². The van der Waals surface area contributed by atoms with Crippen LogP contribution < -0.4 is 5.32 Å². The Labute approximate surface area is 120 Å². The summed E-state index contributed by atoms with van der Waals surface area (Å²) < 4.78 is 0. The zero-order valence-electron chi connectivity index (χ0n) is 11.8. The molecule has 1 aliphatic rings. The minimum Gasteiger partial charge on any atom is -0.341 e. The van der Waals surface area contributed by atoms with Gasteiger partial charge < -0.3 is 10.2 Å². The van der Waals surface area contributed by atoms with Crippen LogP contribution in [-0.4, -0.2) is 60.0 Å². The number of hydrogen-bond acceptors (Lipinski definition) is 4. The van der Waals surface area contributed by atoms with Crippen LogP contribution in [0, 0.1) is 0 Å². The van der Waals surface area contributed by atoms with Crippen LogP contribution in [0.15, 0.2) is 0 Å². The van der Waals surface area contributed by atoms with Crippen LogP contribution in [0.25, 0.3) is 0 Å². The van der Waals surface area contributed by atoms with Gasteiger partial charge in [0.1, 0.15) is 0 Å². The SMILES string of the molecule is CCC(CSC)N(C)C(=O)CSC1CCNCC1. The normalized spacial score (nSPS) is 18.6. The molecule has 1 rings (SSSR count). The van der Waals surface area contributed by atoms with Crippen molar-refractivity contribution in [2.45, 2.75) is 37.5 Å². The van der Waals surface area contributed by atoms with E-state index in [0.717, 1.165) is 25.3 Å². The van der Waals surface area contributed by atoms with Crippen LogP contribution >= 0.6 is 23.5 Å². The molecule has 0 bridgehead atoms. The lowest BCUT2D eigenvalue weighted by atomic mass is 10.2. The number of amides is 1. The molecule has 5 heteroatoms. The average Bonchev–Trinajstić information content (AvgIpc) is 2.42. The summed E-state index contributed by atoms with van der Waals surface area (Å²) in [6.07, 6.45) is 5.54. The Kier molecular flexibility index (Phi) is 8.18. The molecule has 1 unspecified atom stereocenters. The van der Waals surface area contributed by atoms with Crippen molar-refractivity contribution < 1.29 is 4.79 Å². The molecule has 106 valence electrons. The van der Waals surface area contributed by atoms with Crippen molar-refractivity contribution >= 4 is 29.4 Å². The Morgan fingerprint density at radius 3 is 2.67 bits per heavy atom. The third kappa shape index (κ3) is 5.41. The van der Waals surface area contributed by atoms with Crippen molar-refractivity contribution in [2.75, 3.05) is 37.9 Å². The third-order valence-electron chi connectivity index (χ3n) is 3.50. The monoisotopic (exact) mass is 290 g/mol. The van der Waals surface area contributed by atoms with Crippen LogP contribution in [0.3, 0.4) is 0 Å². The van der Waals surface area contributed by atoms with Crippen LogP contribution in [0.4, 0.5) is 0 Å². The van der Waals surface area contributed by atoms with Gasteiger partial charge in [-0.3, -0.25) is 4.79 Å². The zero-order valence-corrected chi connectivity index (χ0v) is 13.4. The minimum absolute atomic E-state index is 0.291. The van der Waals surface area contributed by atoms with Gasteiger partial charge in [-0.05, 0) is 38.6 Å². The first-order valence-electron chi connectivity index (χ1n) is 6.76. The summed E-state index contributed by atoms with van der Waals surface area (Å²) in [6.45, 7) is 4.36. The second-order valence-corrected chi connectivity index (χ2v) is 6.98. The van der Waals surface area contributed by atoms with E-state index >= 15 is 0 Å². The van der Waals surface area contributed by atoms with Gasteiger partial charge in [-0.25, -0.2) is 0 Å². The van der Waals surface area contributed by atoms with Crippen molar-refractivity contribution in [1.29, 1.82) is 0 Å². The molecular weight excluding hydrogens is 264 g/mol. The van der Waals surface area contributed by atoms with E-state index in [-0.39, 0.29) is 0 Å². The van der Waals surface area contributed by atoms with Crippen molar-refractivity contribution in [3.8, 4) is 0 Å². The van der Waals surface area contributed by atoms with E-state index in [1.165, 1.54) is 12.8 Å². The summed E-state index contributed by atoms with van der Waals surface area (Å²) in [5, 5.41) is 4.03. The highest BCUT2D eigenvalue weighted by Gasteiger charge is 2.20. The second kappa shape index (κ2) is 9.10. The molecule has 1 amide bonds. The molecule has 1 fully saturated rings.